The second-order valence-electron chi connectivity index (χ2n) is 7.01. The molecule has 0 radical (unpaired) electrons. The van der Waals surface area contributed by atoms with Gasteiger partial charge in [0.15, 0.2) is 5.82 Å². The number of aromatic nitrogens is 1. The monoisotopic (exact) mass is 429 g/mol. The fraction of sp³-hybridized carbons (Fsp3) is 0.0800. The van der Waals surface area contributed by atoms with Crippen molar-refractivity contribution >= 4 is 15.9 Å². The number of fused-ring (bicyclic) bond motifs is 3. The number of hydrogen-bond acceptors (Lipinski definition) is 1. The number of halogens is 2. The van der Waals surface area contributed by atoms with Crippen molar-refractivity contribution < 1.29 is 4.39 Å². The fourth-order valence-corrected chi connectivity index (χ4v) is 4.26. The Hall–Kier alpha value is -2.78. The van der Waals surface area contributed by atoms with Gasteiger partial charge < -0.3 is 0 Å². The second kappa shape index (κ2) is 6.99. The molecular weight excluding hydrogens is 413 g/mol. The smallest absolute Gasteiger partial charge is 0.157 e. The molecule has 1 heterocycles. The standard InChI is InChI=1S/C25H17BrFN/c26-19-13-10-17(11-14-19)22-21-15-12-16-6-4-5-9-20(16)25(21)28-24(23(22)27)18-7-2-1-3-8-18/h1-11,13-14H,12,15H2. The van der Waals surface area contributed by atoms with Crippen molar-refractivity contribution in [1.29, 1.82) is 0 Å². The van der Waals surface area contributed by atoms with E-state index in [1.54, 1.807) is 0 Å². The van der Waals surface area contributed by atoms with Gasteiger partial charge >= 0.3 is 0 Å². The summed E-state index contributed by atoms with van der Waals surface area (Å²) < 4.78 is 16.8. The van der Waals surface area contributed by atoms with Crippen molar-refractivity contribution in [2.75, 3.05) is 0 Å². The van der Waals surface area contributed by atoms with Crippen LogP contribution in [-0.2, 0) is 12.8 Å². The van der Waals surface area contributed by atoms with Crippen LogP contribution >= 0.6 is 15.9 Å². The van der Waals surface area contributed by atoms with E-state index in [9.17, 15) is 0 Å². The average Bonchev–Trinajstić information content (AvgIpc) is 2.74. The van der Waals surface area contributed by atoms with E-state index in [-0.39, 0.29) is 5.82 Å². The van der Waals surface area contributed by atoms with E-state index in [1.807, 2.05) is 60.7 Å². The van der Waals surface area contributed by atoms with Crippen LogP contribution in [0.15, 0.2) is 83.3 Å². The predicted molar refractivity (Wildman–Crippen MR) is 116 cm³/mol. The zero-order chi connectivity index (χ0) is 19.1. The summed E-state index contributed by atoms with van der Waals surface area (Å²) in [5, 5.41) is 0. The molecule has 0 saturated carbocycles. The SMILES string of the molecule is Fc1c(-c2ccccc2)nc2c(c1-c1ccc(Br)cc1)CCc1ccccc1-2. The Balaban J connectivity index is 1.85. The molecule has 0 saturated heterocycles. The first-order valence-electron chi connectivity index (χ1n) is 9.34. The predicted octanol–water partition coefficient (Wildman–Crippen LogP) is 7.08. The van der Waals surface area contributed by atoms with E-state index >= 15 is 4.39 Å². The van der Waals surface area contributed by atoms with Crippen LogP contribution in [0.3, 0.4) is 0 Å². The summed E-state index contributed by atoms with van der Waals surface area (Å²) in [6.45, 7) is 0. The van der Waals surface area contributed by atoms with Gasteiger partial charge in [-0.25, -0.2) is 9.37 Å². The lowest BCUT2D eigenvalue weighted by Crippen LogP contribution is -2.10. The maximum absolute atomic E-state index is 15.8. The van der Waals surface area contributed by atoms with E-state index in [2.05, 4.69) is 34.1 Å². The molecule has 0 atom stereocenters. The molecule has 1 nitrogen and oxygen atoms in total. The molecule has 28 heavy (non-hydrogen) atoms. The quantitative estimate of drug-likeness (QED) is 0.331. The lowest BCUT2D eigenvalue weighted by Gasteiger charge is -2.24. The number of nitrogens with zero attached hydrogens (tertiary/aromatic N) is 1. The van der Waals surface area contributed by atoms with Crippen molar-refractivity contribution in [1.82, 2.24) is 4.98 Å². The van der Waals surface area contributed by atoms with Crippen LogP contribution in [0.2, 0.25) is 0 Å². The summed E-state index contributed by atoms with van der Waals surface area (Å²) >= 11 is 3.48. The normalized spacial score (nSPS) is 12.4. The molecule has 0 fully saturated rings. The maximum Gasteiger partial charge on any atom is 0.157 e. The van der Waals surface area contributed by atoms with E-state index < -0.39 is 0 Å². The van der Waals surface area contributed by atoms with Gasteiger partial charge in [-0.15, -0.1) is 0 Å². The van der Waals surface area contributed by atoms with Crippen molar-refractivity contribution in [2.45, 2.75) is 12.8 Å². The molecule has 136 valence electrons. The van der Waals surface area contributed by atoms with Gasteiger partial charge in [-0.05, 0) is 41.7 Å². The number of rotatable bonds is 2. The Labute approximate surface area is 172 Å². The van der Waals surface area contributed by atoms with Crippen molar-refractivity contribution in [3.63, 3.8) is 0 Å². The van der Waals surface area contributed by atoms with Gasteiger partial charge in [0.2, 0.25) is 0 Å². The van der Waals surface area contributed by atoms with Crippen molar-refractivity contribution in [3.05, 3.63) is 100 Å². The highest BCUT2D eigenvalue weighted by Crippen LogP contribution is 2.42. The summed E-state index contributed by atoms with van der Waals surface area (Å²) in [6.07, 6.45) is 1.69. The molecular formula is C25H17BrFN. The molecule has 0 amide bonds. The van der Waals surface area contributed by atoms with Gasteiger partial charge in [0, 0.05) is 21.2 Å². The first-order chi connectivity index (χ1) is 13.7. The summed E-state index contributed by atoms with van der Waals surface area (Å²) in [7, 11) is 0. The number of benzene rings is 3. The largest absolute Gasteiger partial charge is 0.244 e. The van der Waals surface area contributed by atoms with Crippen molar-refractivity contribution in [3.8, 4) is 33.6 Å². The van der Waals surface area contributed by atoms with Crippen LogP contribution < -0.4 is 0 Å². The highest BCUT2D eigenvalue weighted by atomic mass is 79.9. The van der Waals surface area contributed by atoms with Crippen LogP contribution in [0, 0.1) is 5.82 Å². The van der Waals surface area contributed by atoms with Crippen LogP contribution in [0.25, 0.3) is 33.6 Å². The molecule has 1 aromatic heterocycles. The van der Waals surface area contributed by atoms with E-state index in [4.69, 9.17) is 4.98 Å². The molecule has 4 aromatic rings. The summed E-state index contributed by atoms with van der Waals surface area (Å²) in [5.74, 6) is -0.244. The van der Waals surface area contributed by atoms with Gasteiger partial charge in [0.25, 0.3) is 0 Å². The fourth-order valence-electron chi connectivity index (χ4n) is 4.00. The third-order valence-corrected chi connectivity index (χ3v) is 5.86. The minimum absolute atomic E-state index is 0.244. The molecule has 1 aliphatic rings. The van der Waals surface area contributed by atoms with Gasteiger partial charge in [-0.2, -0.15) is 0 Å². The Morgan fingerprint density at radius 1 is 0.714 bits per heavy atom. The molecule has 5 rings (SSSR count). The van der Waals surface area contributed by atoms with Crippen LogP contribution in [-0.4, -0.2) is 4.98 Å². The number of aryl methyl sites for hydroxylation is 1. The van der Waals surface area contributed by atoms with Gasteiger partial charge in [0.05, 0.1) is 5.69 Å². The van der Waals surface area contributed by atoms with Gasteiger partial charge in [-0.1, -0.05) is 82.7 Å². The first-order valence-corrected chi connectivity index (χ1v) is 10.1. The third-order valence-electron chi connectivity index (χ3n) is 5.34. The molecule has 0 aliphatic heterocycles. The Morgan fingerprint density at radius 2 is 1.43 bits per heavy atom. The van der Waals surface area contributed by atoms with Gasteiger partial charge in [0.1, 0.15) is 5.69 Å². The lowest BCUT2D eigenvalue weighted by molar-refractivity contribution is 0.626. The minimum Gasteiger partial charge on any atom is -0.244 e. The third kappa shape index (κ3) is 2.87. The topological polar surface area (TPSA) is 12.9 Å². The Morgan fingerprint density at radius 3 is 2.21 bits per heavy atom. The zero-order valence-electron chi connectivity index (χ0n) is 15.1. The van der Waals surface area contributed by atoms with Crippen LogP contribution in [0.4, 0.5) is 4.39 Å². The summed E-state index contributed by atoms with van der Waals surface area (Å²) in [6, 6.07) is 25.8. The molecule has 1 aliphatic carbocycles. The summed E-state index contributed by atoms with van der Waals surface area (Å²) in [4.78, 5) is 4.84. The zero-order valence-corrected chi connectivity index (χ0v) is 16.7. The van der Waals surface area contributed by atoms with E-state index in [0.717, 1.165) is 45.3 Å². The first kappa shape index (κ1) is 17.3. The number of hydrogen-bond donors (Lipinski definition) is 0. The molecule has 0 unspecified atom stereocenters. The molecule has 3 heteroatoms. The molecule has 0 bridgehead atoms. The Bertz CT molecular complexity index is 1170. The van der Waals surface area contributed by atoms with E-state index in [0.29, 0.717) is 11.3 Å². The molecule has 0 spiro atoms. The highest BCUT2D eigenvalue weighted by molar-refractivity contribution is 9.10. The maximum atomic E-state index is 15.8. The van der Waals surface area contributed by atoms with Crippen LogP contribution in [0.1, 0.15) is 11.1 Å². The average molecular weight is 430 g/mol. The molecule has 3 aromatic carbocycles. The highest BCUT2D eigenvalue weighted by Gasteiger charge is 2.26. The lowest BCUT2D eigenvalue weighted by atomic mass is 9.84. The van der Waals surface area contributed by atoms with E-state index in [1.165, 1.54) is 5.56 Å². The molecule has 0 N–H and O–H groups in total. The Kier molecular flexibility index (Phi) is 4.33. The van der Waals surface area contributed by atoms with Gasteiger partial charge in [-0.3, -0.25) is 0 Å². The minimum atomic E-state index is -0.244. The van der Waals surface area contributed by atoms with Crippen LogP contribution in [0.5, 0.6) is 0 Å². The summed E-state index contributed by atoms with van der Waals surface area (Å²) in [5.41, 5.74) is 7.05. The van der Waals surface area contributed by atoms with Crippen molar-refractivity contribution in [2.24, 2.45) is 0 Å². The number of pyridine rings is 1. The second-order valence-corrected chi connectivity index (χ2v) is 7.92.